The van der Waals surface area contributed by atoms with E-state index in [1.807, 2.05) is 4.90 Å². The van der Waals surface area contributed by atoms with Crippen LogP contribution >= 0.6 is 0 Å². The molecule has 22 heavy (non-hydrogen) atoms. The zero-order valence-electron chi connectivity index (χ0n) is 13.0. The Morgan fingerprint density at radius 1 is 1.32 bits per heavy atom. The van der Waals surface area contributed by atoms with Crippen LogP contribution in [0.5, 0.6) is 0 Å². The highest BCUT2D eigenvalue weighted by molar-refractivity contribution is 5.93. The normalized spacial score (nSPS) is 23.6. The number of carbonyl (C=O) groups excluding carboxylic acids is 2. The van der Waals surface area contributed by atoms with Crippen molar-refractivity contribution in [2.45, 2.75) is 64.0 Å². The Labute approximate surface area is 130 Å². The Kier molecular flexibility index (Phi) is 4.45. The van der Waals surface area contributed by atoms with Gasteiger partial charge in [0.05, 0.1) is 11.7 Å². The molecule has 1 aliphatic heterocycles. The van der Waals surface area contributed by atoms with Crippen LogP contribution in [0.3, 0.4) is 0 Å². The molecular formula is C16H23N3O3. The Morgan fingerprint density at radius 3 is 2.68 bits per heavy atom. The number of rotatable bonds is 3. The van der Waals surface area contributed by atoms with E-state index >= 15 is 0 Å². The highest BCUT2D eigenvalue weighted by Crippen LogP contribution is 2.26. The molecule has 0 spiro atoms. The summed E-state index contributed by atoms with van der Waals surface area (Å²) in [5.74, 6) is 0.113. The summed E-state index contributed by atoms with van der Waals surface area (Å²) in [6, 6.07) is 0.219. The molecule has 1 atom stereocenters. The monoisotopic (exact) mass is 305 g/mol. The van der Waals surface area contributed by atoms with Gasteiger partial charge in [-0.3, -0.25) is 9.59 Å². The van der Waals surface area contributed by atoms with Gasteiger partial charge in [0, 0.05) is 19.0 Å². The van der Waals surface area contributed by atoms with Gasteiger partial charge in [0.25, 0.3) is 5.91 Å². The molecule has 2 aliphatic rings. The number of nitrogens with one attached hydrogen (secondary N) is 1. The van der Waals surface area contributed by atoms with Gasteiger partial charge in [0.2, 0.25) is 11.7 Å². The quantitative estimate of drug-likeness (QED) is 0.867. The number of hydrogen-bond acceptors (Lipinski definition) is 4. The lowest BCUT2D eigenvalue weighted by atomic mass is 10.1. The van der Waals surface area contributed by atoms with Crippen molar-refractivity contribution in [3.05, 3.63) is 17.8 Å². The van der Waals surface area contributed by atoms with Crippen LogP contribution in [0.15, 0.2) is 10.8 Å². The van der Waals surface area contributed by atoms with Crippen LogP contribution in [0, 0.1) is 6.92 Å². The van der Waals surface area contributed by atoms with Gasteiger partial charge >= 0.3 is 0 Å². The lowest BCUT2D eigenvalue weighted by Crippen LogP contribution is -2.40. The first-order chi connectivity index (χ1) is 10.6. The molecule has 6 nitrogen and oxygen atoms in total. The Balaban J connectivity index is 1.59. The summed E-state index contributed by atoms with van der Waals surface area (Å²) in [6.45, 7) is 2.35. The van der Waals surface area contributed by atoms with E-state index in [9.17, 15) is 9.59 Å². The zero-order valence-corrected chi connectivity index (χ0v) is 13.0. The van der Waals surface area contributed by atoms with Gasteiger partial charge in [-0.25, -0.2) is 4.98 Å². The van der Waals surface area contributed by atoms with Crippen molar-refractivity contribution in [2.75, 3.05) is 6.54 Å². The smallest absolute Gasteiger partial charge is 0.289 e. The molecule has 1 unspecified atom stereocenters. The van der Waals surface area contributed by atoms with Crippen molar-refractivity contribution in [1.29, 1.82) is 0 Å². The van der Waals surface area contributed by atoms with Gasteiger partial charge in [-0.15, -0.1) is 0 Å². The summed E-state index contributed by atoms with van der Waals surface area (Å²) in [7, 11) is 0. The predicted molar refractivity (Wildman–Crippen MR) is 80.3 cm³/mol. The molecule has 1 saturated carbocycles. The first-order valence-corrected chi connectivity index (χ1v) is 8.15. The standard InChI is InChI=1S/C16H23N3O3/c1-11-15(22-10-17-11)16(21)18-12-8-14(20)19(9-12)13-6-4-2-3-5-7-13/h10,12-13H,2-9H2,1H3,(H,18,21). The maximum absolute atomic E-state index is 12.3. The summed E-state index contributed by atoms with van der Waals surface area (Å²) in [5.41, 5.74) is 0.572. The number of likely N-dealkylation sites (tertiary alicyclic amines) is 1. The van der Waals surface area contributed by atoms with Crippen molar-refractivity contribution >= 4 is 11.8 Å². The summed E-state index contributed by atoms with van der Waals surface area (Å²) in [6.07, 6.45) is 8.76. The van der Waals surface area contributed by atoms with Crippen LogP contribution in [-0.2, 0) is 4.79 Å². The number of aryl methyl sites for hydroxylation is 1. The fraction of sp³-hybridized carbons (Fsp3) is 0.688. The number of carbonyl (C=O) groups is 2. The van der Waals surface area contributed by atoms with Crippen LogP contribution in [0.1, 0.15) is 61.2 Å². The van der Waals surface area contributed by atoms with Crippen LogP contribution in [-0.4, -0.2) is 40.3 Å². The molecule has 2 fully saturated rings. The minimum atomic E-state index is -0.282. The largest absolute Gasteiger partial charge is 0.438 e. The van der Waals surface area contributed by atoms with Crippen LogP contribution < -0.4 is 5.32 Å². The van der Waals surface area contributed by atoms with Gasteiger partial charge in [-0.05, 0) is 19.8 Å². The fourth-order valence-electron chi connectivity index (χ4n) is 3.52. The number of oxazole rings is 1. The molecule has 2 amide bonds. The third-order valence-corrected chi connectivity index (χ3v) is 4.71. The maximum Gasteiger partial charge on any atom is 0.289 e. The second kappa shape index (κ2) is 6.50. The van der Waals surface area contributed by atoms with Gasteiger partial charge in [0.1, 0.15) is 0 Å². The van der Waals surface area contributed by atoms with Crippen molar-refractivity contribution < 1.29 is 14.0 Å². The topological polar surface area (TPSA) is 75.4 Å². The van der Waals surface area contributed by atoms with Crippen LogP contribution in [0.2, 0.25) is 0 Å². The Morgan fingerprint density at radius 2 is 2.05 bits per heavy atom. The summed E-state index contributed by atoms with van der Waals surface area (Å²) in [4.78, 5) is 30.3. The van der Waals surface area contributed by atoms with E-state index in [0.717, 1.165) is 12.8 Å². The molecule has 0 bridgehead atoms. The third kappa shape index (κ3) is 3.15. The molecule has 6 heteroatoms. The summed E-state index contributed by atoms with van der Waals surface area (Å²) < 4.78 is 5.10. The zero-order chi connectivity index (χ0) is 15.5. The van der Waals surface area contributed by atoms with E-state index in [2.05, 4.69) is 10.3 Å². The Bertz CT molecular complexity index is 547. The molecule has 0 radical (unpaired) electrons. The molecule has 120 valence electrons. The molecule has 2 heterocycles. The van der Waals surface area contributed by atoms with E-state index in [-0.39, 0.29) is 23.6 Å². The molecule has 1 aromatic heterocycles. The average Bonchev–Trinajstić information content (AvgIpc) is 2.95. The molecule has 3 rings (SSSR count). The predicted octanol–water partition coefficient (Wildman–Crippen LogP) is 2.04. The summed E-state index contributed by atoms with van der Waals surface area (Å²) >= 11 is 0. The van der Waals surface area contributed by atoms with Gasteiger partial charge in [0.15, 0.2) is 6.39 Å². The lowest BCUT2D eigenvalue weighted by Gasteiger charge is -2.27. The van der Waals surface area contributed by atoms with Gasteiger partial charge < -0.3 is 14.6 Å². The minimum absolute atomic E-state index is 0.132. The summed E-state index contributed by atoms with van der Waals surface area (Å²) in [5, 5.41) is 2.90. The van der Waals surface area contributed by atoms with Crippen molar-refractivity contribution in [1.82, 2.24) is 15.2 Å². The number of nitrogens with zero attached hydrogens (tertiary/aromatic N) is 2. The van der Waals surface area contributed by atoms with E-state index < -0.39 is 0 Å². The SMILES string of the molecule is Cc1ncoc1C(=O)NC1CC(=O)N(C2CCCCCC2)C1. The highest BCUT2D eigenvalue weighted by Gasteiger charge is 2.35. The average molecular weight is 305 g/mol. The molecule has 1 aliphatic carbocycles. The van der Waals surface area contributed by atoms with Crippen LogP contribution in [0.25, 0.3) is 0 Å². The number of hydrogen-bond donors (Lipinski definition) is 1. The van der Waals surface area contributed by atoms with E-state index in [1.54, 1.807) is 6.92 Å². The van der Waals surface area contributed by atoms with E-state index in [1.165, 1.54) is 32.1 Å². The molecule has 1 saturated heterocycles. The van der Waals surface area contributed by atoms with Crippen molar-refractivity contribution in [2.24, 2.45) is 0 Å². The molecule has 0 aromatic carbocycles. The molecular weight excluding hydrogens is 282 g/mol. The molecule has 1 aromatic rings. The van der Waals surface area contributed by atoms with Gasteiger partial charge in [-0.1, -0.05) is 25.7 Å². The lowest BCUT2D eigenvalue weighted by molar-refractivity contribution is -0.129. The van der Waals surface area contributed by atoms with Crippen molar-refractivity contribution in [3.63, 3.8) is 0 Å². The fourth-order valence-corrected chi connectivity index (χ4v) is 3.52. The second-order valence-electron chi connectivity index (χ2n) is 6.33. The van der Waals surface area contributed by atoms with Gasteiger partial charge in [-0.2, -0.15) is 0 Å². The second-order valence-corrected chi connectivity index (χ2v) is 6.33. The third-order valence-electron chi connectivity index (χ3n) is 4.71. The first-order valence-electron chi connectivity index (χ1n) is 8.15. The Hall–Kier alpha value is -1.85. The van der Waals surface area contributed by atoms with E-state index in [0.29, 0.717) is 24.7 Å². The van der Waals surface area contributed by atoms with E-state index in [4.69, 9.17) is 4.42 Å². The minimum Gasteiger partial charge on any atom is -0.438 e. The molecule has 1 N–H and O–H groups in total. The number of amides is 2. The highest BCUT2D eigenvalue weighted by atomic mass is 16.3. The first kappa shape index (κ1) is 15.1. The maximum atomic E-state index is 12.3. The van der Waals surface area contributed by atoms with Crippen molar-refractivity contribution in [3.8, 4) is 0 Å². The number of aromatic nitrogens is 1. The van der Waals surface area contributed by atoms with Crippen LogP contribution in [0.4, 0.5) is 0 Å².